The van der Waals surface area contributed by atoms with Crippen LogP contribution in [0.5, 0.6) is 0 Å². The molecule has 106 valence electrons. The van der Waals surface area contributed by atoms with Crippen molar-refractivity contribution in [1.29, 1.82) is 0 Å². The fourth-order valence-corrected chi connectivity index (χ4v) is 3.56. The van der Waals surface area contributed by atoms with Gasteiger partial charge in [0.25, 0.3) is 0 Å². The Balaban J connectivity index is 2.60. The number of hydrogen-bond donors (Lipinski definition) is 0. The van der Waals surface area contributed by atoms with E-state index in [0.29, 0.717) is 11.3 Å². The average Bonchev–Trinajstić information content (AvgIpc) is 2.22. The third kappa shape index (κ3) is 4.00. The molecule has 0 bridgehead atoms. The van der Waals surface area contributed by atoms with Crippen molar-refractivity contribution >= 4 is 5.97 Å². The Kier molecular flexibility index (Phi) is 5.24. The summed E-state index contributed by atoms with van der Waals surface area (Å²) in [5.74, 6) is 1.82. The molecule has 1 aliphatic rings. The molecule has 1 saturated carbocycles. The van der Waals surface area contributed by atoms with E-state index >= 15 is 0 Å². The van der Waals surface area contributed by atoms with Crippen molar-refractivity contribution in [3.63, 3.8) is 0 Å². The molecule has 2 nitrogen and oxygen atoms in total. The largest absolute Gasteiger partial charge is 0.463 e. The topological polar surface area (TPSA) is 26.3 Å². The molecule has 0 N–H and O–H groups in total. The van der Waals surface area contributed by atoms with E-state index in [9.17, 15) is 4.79 Å². The van der Waals surface area contributed by atoms with Crippen LogP contribution in [0.3, 0.4) is 0 Å². The number of carbonyl (C=O) groups excluding carboxylic acids is 1. The molecule has 18 heavy (non-hydrogen) atoms. The maximum absolute atomic E-state index is 11.0. The number of rotatable bonds is 4. The van der Waals surface area contributed by atoms with Gasteiger partial charge in [0.2, 0.25) is 0 Å². The molecule has 0 aromatic carbocycles. The molecule has 2 heteroatoms. The highest BCUT2D eigenvalue weighted by atomic mass is 16.5. The fraction of sp³-hybridized carbons (Fsp3) is 0.938. The second kappa shape index (κ2) is 6.08. The van der Waals surface area contributed by atoms with Crippen LogP contribution in [-0.2, 0) is 9.53 Å². The highest BCUT2D eigenvalue weighted by Gasteiger charge is 2.38. The first-order chi connectivity index (χ1) is 8.24. The van der Waals surface area contributed by atoms with Crippen LogP contribution in [0.4, 0.5) is 0 Å². The second-order valence-corrected chi connectivity index (χ2v) is 6.99. The molecule has 0 unspecified atom stereocenters. The van der Waals surface area contributed by atoms with E-state index in [1.165, 1.54) is 32.6 Å². The number of hydrogen-bond acceptors (Lipinski definition) is 2. The Morgan fingerprint density at radius 3 is 2.50 bits per heavy atom. The summed E-state index contributed by atoms with van der Waals surface area (Å²) < 4.78 is 5.32. The van der Waals surface area contributed by atoms with E-state index in [0.717, 1.165) is 11.8 Å². The Labute approximate surface area is 112 Å². The molecule has 1 rings (SSSR count). The van der Waals surface area contributed by atoms with Gasteiger partial charge in [0.15, 0.2) is 0 Å². The molecule has 0 aromatic rings. The monoisotopic (exact) mass is 254 g/mol. The van der Waals surface area contributed by atoms with Crippen LogP contribution in [0.2, 0.25) is 0 Å². The third-order valence-electron chi connectivity index (χ3n) is 4.95. The molecule has 0 amide bonds. The summed E-state index contributed by atoms with van der Waals surface area (Å²) in [5, 5.41) is 0. The minimum atomic E-state index is -0.162. The van der Waals surface area contributed by atoms with Gasteiger partial charge in [-0.25, -0.2) is 0 Å². The van der Waals surface area contributed by atoms with Crippen LogP contribution in [0.1, 0.15) is 67.2 Å². The van der Waals surface area contributed by atoms with Crippen molar-refractivity contribution in [3.8, 4) is 0 Å². The molecule has 0 aromatic heterocycles. The molecule has 0 saturated heterocycles. The van der Waals surface area contributed by atoms with Crippen molar-refractivity contribution in [2.45, 2.75) is 73.3 Å². The van der Waals surface area contributed by atoms with Gasteiger partial charge in [-0.15, -0.1) is 0 Å². The zero-order chi connectivity index (χ0) is 13.9. The van der Waals surface area contributed by atoms with Crippen molar-refractivity contribution in [3.05, 3.63) is 0 Å². The SMILES string of the molecule is CC(=O)O[C@H](C)[C@H](C)C[C@@H]1[C@@H](C)CCCC1(C)C. The smallest absolute Gasteiger partial charge is 0.302 e. The van der Waals surface area contributed by atoms with Crippen LogP contribution in [-0.4, -0.2) is 12.1 Å². The third-order valence-corrected chi connectivity index (χ3v) is 4.95. The fourth-order valence-electron chi connectivity index (χ4n) is 3.56. The summed E-state index contributed by atoms with van der Waals surface area (Å²) in [5.41, 5.74) is 0.432. The van der Waals surface area contributed by atoms with Gasteiger partial charge >= 0.3 is 5.97 Å². The van der Waals surface area contributed by atoms with Crippen molar-refractivity contribution in [1.82, 2.24) is 0 Å². The van der Waals surface area contributed by atoms with Gasteiger partial charge in [-0.1, -0.05) is 40.5 Å². The first-order valence-corrected chi connectivity index (χ1v) is 7.41. The summed E-state index contributed by atoms with van der Waals surface area (Å²) in [6, 6.07) is 0. The van der Waals surface area contributed by atoms with E-state index in [-0.39, 0.29) is 12.1 Å². The van der Waals surface area contributed by atoms with Crippen LogP contribution < -0.4 is 0 Å². The van der Waals surface area contributed by atoms with E-state index in [1.807, 2.05) is 6.92 Å². The normalized spacial score (nSPS) is 30.6. The van der Waals surface area contributed by atoms with Crippen LogP contribution in [0.15, 0.2) is 0 Å². The number of ether oxygens (including phenoxy) is 1. The van der Waals surface area contributed by atoms with Gasteiger partial charge in [-0.05, 0) is 42.9 Å². The van der Waals surface area contributed by atoms with Gasteiger partial charge < -0.3 is 4.74 Å². The number of carbonyl (C=O) groups is 1. The zero-order valence-corrected chi connectivity index (χ0v) is 13.0. The molecular weight excluding hydrogens is 224 g/mol. The Hall–Kier alpha value is -0.530. The second-order valence-electron chi connectivity index (χ2n) is 6.99. The lowest BCUT2D eigenvalue weighted by Crippen LogP contribution is -2.36. The van der Waals surface area contributed by atoms with Gasteiger partial charge in [-0.3, -0.25) is 4.79 Å². The van der Waals surface area contributed by atoms with Crippen LogP contribution >= 0.6 is 0 Å². The quantitative estimate of drug-likeness (QED) is 0.694. The van der Waals surface area contributed by atoms with E-state index in [1.54, 1.807) is 0 Å². The standard InChI is InChI=1S/C16H30O2/c1-11-8-7-9-16(5,6)15(11)10-12(2)13(3)18-14(4)17/h11-13,15H,7-10H2,1-6H3/t11-,12+,13+,15+/m0/s1. The molecule has 4 atom stereocenters. The molecule has 0 heterocycles. The Morgan fingerprint density at radius 2 is 2.00 bits per heavy atom. The van der Waals surface area contributed by atoms with E-state index < -0.39 is 0 Å². The first-order valence-electron chi connectivity index (χ1n) is 7.41. The van der Waals surface area contributed by atoms with Gasteiger partial charge in [0.05, 0.1) is 0 Å². The molecule has 1 aliphatic carbocycles. The minimum Gasteiger partial charge on any atom is -0.463 e. The summed E-state index contributed by atoms with van der Waals surface area (Å²) >= 11 is 0. The summed E-state index contributed by atoms with van der Waals surface area (Å²) in [6.07, 6.45) is 5.24. The Bertz CT molecular complexity index is 283. The lowest BCUT2D eigenvalue weighted by atomic mass is 9.61. The van der Waals surface area contributed by atoms with Crippen molar-refractivity contribution in [2.24, 2.45) is 23.2 Å². The maximum Gasteiger partial charge on any atom is 0.302 e. The summed E-state index contributed by atoms with van der Waals surface area (Å²) in [4.78, 5) is 11.0. The predicted molar refractivity (Wildman–Crippen MR) is 75.3 cm³/mol. The van der Waals surface area contributed by atoms with Crippen LogP contribution in [0, 0.1) is 23.2 Å². The molecule has 1 fully saturated rings. The molecule has 0 aliphatic heterocycles. The average molecular weight is 254 g/mol. The van der Waals surface area contributed by atoms with Crippen molar-refractivity contribution in [2.75, 3.05) is 0 Å². The maximum atomic E-state index is 11.0. The summed E-state index contributed by atoms with van der Waals surface area (Å²) in [6.45, 7) is 12.9. The lowest BCUT2D eigenvalue weighted by molar-refractivity contribution is -0.148. The van der Waals surface area contributed by atoms with Crippen molar-refractivity contribution < 1.29 is 9.53 Å². The van der Waals surface area contributed by atoms with Gasteiger partial charge in [-0.2, -0.15) is 0 Å². The van der Waals surface area contributed by atoms with Crippen LogP contribution in [0.25, 0.3) is 0 Å². The minimum absolute atomic E-state index is 0.0347. The lowest BCUT2D eigenvalue weighted by Gasteiger charge is -2.44. The predicted octanol–water partition coefficient (Wildman–Crippen LogP) is 4.43. The molecule has 0 spiro atoms. The molecular formula is C16H30O2. The molecule has 0 radical (unpaired) electrons. The summed E-state index contributed by atoms with van der Waals surface area (Å²) in [7, 11) is 0. The highest BCUT2D eigenvalue weighted by molar-refractivity contribution is 5.66. The highest BCUT2D eigenvalue weighted by Crippen LogP contribution is 2.47. The first kappa shape index (κ1) is 15.5. The van der Waals surface area contributed by atoms with Gasteiger partial charge in [0.1, 0.15) is 6.10 Å². The van der Waals surface area contributed by atoms with E-state index in [2.05, 4.69) is 27.7 Å². The zero-order valence-electron chi connectivity index (χ0n) is 13.0. The van der Waals surface area contributed by atoms with Gasteiger partial charge in [0, 0.05) is 6.92 Å². The van der Waals surface area contributed by atoms with E-state index in [4.69, 9.17) is 4.74 Å². The number of esters is 1. The Morgan fingerprint density at radius 1 is 1.39 bits per heavy atom.